The Morgan fingerprint density at radius 1 is 1.43 bits per heavy atom. The Labute approximate surface area is 77.2 Å². The standard InChI is InChI=1S/C7H6N2O5/c10-5(11)2-9-3-8-1-4(6(9)12)7(13)14/h1,3H,2H2,(H,10,11)(H,13,14). The van der Waals surface area contributed by atoms with Gasteiger partial charge in [-0.05, 0) is 0 Å². The van der Waals surface area contributed by atoms with Crippen LogP contribution in [0.5, 0.6) is 0 Å². The number of hydrogen-bond acceptors (Lipinski definition) is 4. The second kappa shape index (κ2) is 3.69. The lowest BCUT2D eigenvalue weighted by molar-refractivity contribution is -0.137. The van der Waals surface area contributed by atoms with Crippen LogP contribution >= 0.6 is 0 Å². The van der Waals surface area contributed by atoms with Crippen LogP contribution in [0.25, 0.3) is 0 Å². The number of aliphatic carboxylic acids is 1. The average Bonchev–Trinajstić information content (AvgIpc) is 2.07. The summed E-state index contributed by atoms with van der Waals surface area (Å²) in [5.74, 6) is -2.67. The minimum Gasteiger partial charge on any atom is -0.480 e. The Morgan fingerprint density at radius 3 is 2.57 bits per heavy atom. The molecule has 0 aliphatic rings. The molecule has 0 amide bonds. The van der Waals surface area contributed by atoms with Gasteiger partial charge in [-0.2, -0.15) is 0 Å². The van der Waals surface area contributed by atoms with Crippen molar-refractivity contribution in [2.24, 2.45) is 0 Å². The predicted molar refractivity (Wildman–Crippen MR) is 43.1 cm³/mol. The van der Waals surface area contributed by atoms with Crippen molar-refractivity contribution in [1.29, 1.82) is 0 Å². The number of aromatic nitrogens is 2. The van der Waals surface area contributed by atoms with Crippen LogP contribution in [-0.2, 0) is 11.3 Å². The summed E-state index contributed by atoms with van der Waals surface area (Å²) in [4.78, 5) is 35.4. The van der Waals surface area contributed by atoms with E-state index < -0.39 is 29.6 Å². The molecule has 0 bridgehead atoms. The van der Waals surface area contributed by atoms with E-state index in [9.17, 15) is 14.4 Å². The highest BCUT2D eigenvalue weighted by Crippen LogP contribution is 1.88. The molecule has 0 saturated carbocycles. The highest BCUT2D eigenvalue weighted by atomic mass is 16.4. The lowest BCUT2D eigenvalue weighted by Gasteiger charge is -2.00. The first-order valence-corrected chi connectivity index (χ1v) is 3.52. The number of carboxylic acid groups (broad SMARTS) is 2. The Balaban J connectivity index is 3.21. The summed E-state index contributed by atoms with van der Waals surface area (Å²) in [6.07, 6.45) is 1.85. The zero-order valence-corrected chi connectivity index (χ0v) is 6.88. The van der Waals surface area contributed by atoms with Gasteiger partial charge in [0, 0.05) is 6.20 Å². The van der Waals surface area contributed by atoms with Crippen LogP contribution in [0.1, 0.15) is 10.4 Å². The van der Waals surface area contributed by atoms with Crippen molar-refractivity contribution in [3.63, 3.8) is 0 Å². The van der Waals surface area contributed by atoms with E-state index in [0.29, 0.717) is 4.57 Å². The van der Waals surface area contributed by atoms with Gasteiger partial charge in [-0.15, -0.1) is 0 Å². The van der Waals surface area contributed by atoms with Gasteiger partial charge in [0.05, 0.1) is 6.33 Å². The number of carboxylic acids is 2. The summed E-state index contributed by atoms with van der Waals surface area (Å²) in [6.45, 7) is -0.604. The fraction of sp³-hybridized carbons (Fsp3) is 0.143. The molecule has 7 nitrogen and oxygen atoms in total. The van der Waals surface area contributed by atoms with Crippen LogP contribution in [-0.4, -0.2) is 31.7 Å². The molecule has 0 radical (unpaired) electrons. The van der Waals surface area contributed by atoms with Gasteiger partial charge in [-0.3, -0.25) is 14.2 Å². The summed E-state index contributed by atoms with van der Waals surface area (Å²) in [5, 5.41) is 16.9. The molecule has 0 aromatic carbocycles. The van der Waals surface area contributed by atoms with Crippen LogP contribution in [0.2, 0.25) is 0 Å². The molecule has 0 atom stereocenters. The van der Waals surface area contributed by atoms with Gasteiger partial charge in [-0.25, -0.2) is 9.78 Å². The van der Waals surface area contributed by atoms with E-state index in [1.54, 1.807) is 0 Å². The van der Waals surface area contributed by atoms with Gasteiger partial charge in [0.15, 0.2) is 0 Å². The third kappa shape index (κ3) is 1.94. The number of rotatable bonds is 3. The molecule has 1 rings (SSSR count). The van der Waals surface area contributed by atoms with Crippen LogP contribution < -0.4 is 5.56 Å². The average molecular weight is 198 g/mol. The van der Waals surface area contributed by atoms with E-state index in [-0.39, 0.29) is 0 Å². The van der Waals surface area contributed by atoms with Gasteiger partial charge in [0.1, 0.15) is 12.1 Å². The first-order chi connectivity index (χ1) is 6.52. The van der Waals surface area contributed by atoms with Crippen LogP contribution in [0, 0.1) is 0 Å². The molecule has 0 aliphatic heterocycles. The van der Waals surface area contributed by atoms with Gasteiger partial charge in [0.25, 0.3) is 5.56 Å². The van der Waals surface area contributed by atoms with Crippen molar-refractivity contribution in [1.82, 2.24) is 9.55 Å². The van der Waals surface area contributed by atoms with Crippen molar-refractivity contribution in [2.75, 3.05) is 0 Å². The summed E-state index contributed by atoms with van der Waals surface area (Å²) >= 11 is 0. The Morgan fingerprint density at radius 2 is 2.07 bits per heavy atom. The fourth-order valence-electron chi connectivity index (χ4n) is 0.856. The molecule has 2 N–H and O–H groups in total. The van der Waals surface area contributed by atoms with Crippen LogP contribution in [0.3, 0.4) is 0 Å². The molecule has 0 saturated heterocycles. The lowest BCUT2D eigenvalue weighted by atomic mass is 10.3. The van der Waals surface area contributed by atoms with Crippen molar-refractivity contribution >= 4 is 11.9 Å². The Hall–Kier alpha value is -2.18. The van der Waals surface area contributed by atoms with Crippen molar-refractivity contribution in [3.05, 3.63) is 28.4 Å². The first kappa shape index (κ1) is 9.90. The molecule has 1 heterocycles. The van der Waals surface area contributed by atoms with E-state index in [2.05, 4.69) is 4.98 Å². The third-order valence-electron chi connectivity index (χ3n) is 1.44. The van der Waals surface area contributed by atoms with Gasteiger partial charge >= 0.3 is 11.9 Å². The predicted octanol–water partition coefficient (Wildman–Crippen LogP) is -0.974. The third-order valence-corrected chi connectivity index (χ3v) is 1.44. The maximum absolute atomic E-state index is 11.2. The normalized spacial score (nSPS) is 9.71. The lowest BCUT2D eigenvalue weighted by Crippen LogP contribution is -2.28. The second-order valence-electron chi connectivity index (χ2n) is 2.44. The van der Waals surface area contributed by atoms with E-state index in [4.69, 9.17) is 10.2 Å². The smallest absolute Gasteiger partial charge is 0.342 e. The topological polar surface area (TPSA) is 109 Å². The number of aromatic carboxylic acids is 1. The van der Waals surface area contributed by atoms with Gasteiger partial charge in [-0.1, -0.05) is 0 Å². The van der Waals surface area contributed by atoms with Crippen molar-refractivity contribution in [2.45, 2.75) is 6.54 Å². The molecule has 74 valence electrons. The molecule has 0 aliphatic carbocycles. The van der Waals surface area contributed by atoms with Crippen LogP contribution in [0.4, 0.5) is 0 Å². The molecule has 0 spiro atoms. The van der Waals surface area contributed by atoms with Crippen molar-refractivity contribution < 1.29 is 19.8 Å². The molecule has 7 heteroatoms. The summed E-state index contributed by atoms with van der Waals surface area (Å²) < 4.78 is 0.714. The molecular formula is C7H6N2O5. The minimum atomic E-state index is -1.43. The molecule has 14 heavy (non-hydrogen) atoms. The molecular weight excluding hydrogens is 192 g/mol. The van der Waals surface area contributed by atoms with Crippen LogP contribution in [0.15, 0.2) is 17.3 Å². The van der Waals surface area contributed by atoms with E-state index in [1.165, 1.54) is 0 Å². The Kier molecular flexibility index (Phi) is 2.61. The van der Waals surface area contributed by atoms with Gasteiger partial charge in [0.2, 0.25) is 0 Å². The highest BCUT2D eigenvalue weighted by molar-refractivity contribution is 5.86. The zero-order chi connectivity index (χ0) is 10.7. The van der Waals surface area contributed by atoms with E-state index >= 15 is 0 Å². The largest absolute Gasteiger partial charge is 0.480 e. The Bertz CT molecular complexity index is 436. The van der Waals surface area contributed by atoms with E-state index in [0.717, 1.165) is 12.5 Å². The maximum atomic E-state index is 11.2. The molecule has 1 aromatic rings. The minimum absolute atomic E-state index is 0.547. The summed E-state index contributed by atoms with van der Waals surface area (Å²) in [6, 6.07) is 0. The first-order valence-electron chi connectivity index (χ1n) is 3.52. The quantitative estimate of drug-likeness (QED) is 0.646. The number of nitrogens with zero attached hydrogens (tertiary/aromatic N) is 2. The number of carbonyl (C=O) groups is 2. The second-order valence-corrected chi connectivity index (χ2v) is 2.44. The monoisotopic (exact) mass is 198 g/mol. The van der Waals surface area contributed by atoms with Crippen molar-refractivity contribution in [3.8, 4) is 0 Å². The molecule has 0 fully saturated rings. The fourth-order valence-corrected chi connectivity index (χ4v) is 0.856. The zero-order valence-electron chi connectivity index (χ0n) is 6.88. The van der Waals surface area contributed by atoms with E-state index in [1.807, 2.05) is 0 Å². The molecule has 0 unspecified atom stereocenters. The number of hydrogen-bond donors (Lipinski definition) is 2. The van der Waals surface area contributed by atoms with Gasteiger partial charge < -0.3 is 10.2 Å². The SMILES string of the molecule is O=C(O)Cn1cncc(C(=O)O)c1=O. The maximum Gasteiger partial charge on any atom is 0.342 e. The summed E-state index contributed by atoms with van der Waals surface area (Å²) in [5.41, 5.74) is -1.43. The summed E-state index contributed by atoms with van der Waals surface area (Å²) in [7, 11) is 0. The molecule has 1 aromatic heterocycles. The highest BCUT2D eigenvalue weighted by Gasteiger charge is 2.12.